The van der Waals surface area contributed by atoms with Gasteiger partial charge in [0, 0.05) is 6.04 Å². The van der Waals surface area contributed by atoms with Gasteiger partial charge in [0.25, 0.3) is 0 Å². The number of amides is 1. The van der Waals surface area contributed by atoms with Crippen molar-refractivity contribution in [3.63, 3.8) is 0 Å². The zero-order valence-electron chi connectivity index (χ0n) is 11.0. The van der Waals surface area contributed by atoms with Crippen molar-refractivity contribution >= 4 is 11.9 Å². The molecule has 0 spiro atoms. The SMILES string of the molecule is CC(C)(C(=O)O)N(C(=O)C(F)(F)F)C1CCCCC1. The van der Waals surface area contributed by atoms with Crippen molar-refractivity contribution in [3.8, 4) is 0 Å². The minimum absolute atomic E-state index is 0.415. The molecular formula is C12H18F3NO3. The van der Waals surface area contributed by atoms with E-state index in [0.29, 0.717) is 30.6 Å². The van der Waals surface area contributed by atoms with Gasteiger partial charge in [-0.3, -0.25) is 4.79 Å². The van der Waals surface area contributed by atoms with E-state index in [1.165, 1.54) is 0 Å². The molecule has 1 fully saturated rings. The summed E-state index contributed by atoms with van der Waals surface area (Å²) in [5.74, 6) is -3.50. The van der Waals surface area contributed by atoms with Crippen molar-refractivity contribution in [1.82, 2.24) is 4.90 Å². The number of alkyl halides is 3. The molecule has 0 unspecified atom stereocenters. The molecule has 1 rings (SSSR count). The molecule has 1 aliphatic carbocycles. The molecule has 1 aliphatic rings. The van der Waals surface area contributed by atoms with Crippen LogP contribution < -0.4 is 0 Å². The molecule has 0 radical (unpaired) electrons. The van der Waals surface area contributed by atoms with Gasteiger partial charge in [-0.2, -0.15) is 13.2 Å². The largest absolute Gasteiger partial charge is 0.480 e. The van der Waals surface area contributed by atoms with Crippen LogP contribution in [0.2, 0.25) is 0 Å². The smallest absolute Gasteiger partial charge is 0.471 e. The van der Waals surface area contributed by atoms with E-state index in [9.17, 15) is 22.8 Å². The highest BCUT2D eigenvalue weighted by molar-refractivity contribution is 5.89. The Balaban J connectivity index is 3.10. The third kappa shape index (κ3) is 3.39. The first-order chi connectivity index (χ1) is 8.58. The lowest BCUT2D eigenvalue weighted by Gasteiger charge is -2.42. The van der Waals surface area contributed by atoms with E-state index in [1.807, 2.05) is 0 Å². The predicted molar refractivity (Wildman–Crippen MR) is 61.5 cm³/mol. The molecule has 0 heterocycles. The molecular weight excluding hydrogens is 263 g/mol. The first-order valence-corrected chi connectivity index (χ1v) is 6.22. The van der Waals surface area contributed by atoms with E-state index >= 15 is 0 Å². The topological polar surface area (TPSA) is 57.6 Å². The maximum Gasteiger partial charge on any atom is 0.471 e. The number of nitrogens with zero attached hydrogens (tertiary/aromatic N) is 1. The van der Waals surface area contributed by atoms with Crippen LogP contribution in [0.3, 0.4) is 0 Å². The summed E-state index contributed by atoms with van der Waals surface area (Å²) in [7, 11) is 0. The van der Waals surface area contributed by atoms with Crippen LogP contribution in [0.25, 0.3) is 0 Å². The number of halogens is 3. The normalized spacial score (nSPS) is 18.2. The minimum Gasteiger partial charge on any atom is -0.480 e. The summed E-state index contributed by atoms with van der Waals surface area (Å²) in [6.45, 7) is 2.27. The first kappa shape index (κ1) is 15.8. The predicted octanol–water partition coefficient (Wildman–Crippen LogP) is 2.57. The monoisotopic (exact) mass is 281 g/mol. The number of carbonyl (C=O) groups is 2. The van der Waals surface area contributed by atoms with Gasteiger partial charge in [0.1, 0.15) is 5.54 Å². The van der Waals surface area contributed by atoms with Gasteiger partial charge in [0.2, 0.25) is 0 Å². The van der Waals surface area contributed by atoms with E-state index < -0.39 is 29.6 Å². The fraction of sp³-hybridized carbons (Fsp3) is 0.833. The Labute approximate surface area is 109 Å². The number of rotatable bonds is 3. The zero-order chi connectivity index (χ0) is 14.8. The van der Waals surface area contributed by atoms with Crippen LogP contribution in [0.15, 0.2) is 0 Å². The van der Waals surface area contributed by atoms with Crippen LogP contribution >= 0.6 is 0 Å². The highest BCUT2D eigenvalue weighted by Gasteiger charge is 2.52. The molecule has 0 aliphatic heterocycles. The Hall–Kier alpha value is -1.27. The lowest BCUT2D eigenvalue weighted by molar-refractivity contribution is -0.198. The van der Waals surface area contributed by atoms with Crippen molar-refractivity contribution in [1.29, 1.82) is 0 Å². The third-order valence-corrected chi connectivity index (χ3v) is 3.53. The van der Waals surface area contributed by atoms with Crippen LogP contribution in [0.1, 0.15) is 46.0 Å². The molecule has 0 aromatic heterocycles. The highest BCUT2D eigenvalue weighted by Crippen LogP contribution is 2.32. The molecule has 0 saturated heterocycles. The Bertz CT molecular complexity index is 360. The van der Waals surface area contributed by atoms with Crippen LogP contribution in [-0.4, -0.2) is 39.6 Å². The molecule has 0 bridgehead atoms. The average Bonchev–Trinajstić information content (AvgIpc) is 2.28. The summed E-state index contributed by atoms with van der Waals surface area (Å²) in [5.41, 5.74) is -1.87. The van der Waals surface area contributed by atoms with Gasteiger partial charge in [-0.1, -0.05) is 19.3 Å². The molecule has 0 atom stereocenters. The summed E-state index contributed by atoms with van der Waals surface area (Å²) in [6.07, 6.45) is -1.90. The Morgan fingerprint density at radius 3 is 1.95 bits per heavy atom. The van der Waals surface area contributed by atoms with Gasteiger partial charge in [0.15, 0.2) is 0 Å². The van der Waals surface area contributed by atoms with Crippen molar-refractivity contribution in [2.24, 2.45) is 0 Å². The maximum atomic E-state index is 12.7. The van der Waals surface area contributed by atoms with Crippen molar-refractivity contribution < 1.29 is 27.9 Å². The fourth-order valence-corrected chi connectivity index (χ4v) is 2.45. The Morgan fingerprint density at radius 1 is 1.11 bits per heavy atom. The number of carboxylic acids is 1. The molecule has 0 aromatic rings. The Kier molecular flexibility index (Phi) is 4.47. The van der Waals surface area contributed by atoms with Gasteiger partial charge < -0.3 is 10.0 Å². The molecule has 0 aromatic carbocycles. The first-order valence-electron chi connectivity index (χ1n) is 6.22. The number of aliphatic carboxylic acids is 1. The molecule has 1 N–H and O–H groups in total. The van der Waals surface area contributed by atoms with E-state index in [4.69, 9.17) is 5.11 Å². The van der Waals surface area contributed by atoms with Crippen LogP contribution in [0.4, 0.5) is 13.2 Å². The van der Waals surface area contributed by atoms with Crippen LogP contribution in [-0.2, 0) is 9.59 Å². The number of carboxylic acid groups (broad SMARTS) is 1. The molecule has 110 valence electrons. The summed E-state index contributed by atoms with van der Waals surface area (Å²) in [4.78, 5) is 23.2. The van der Waals surface area contributed by atoms with Crippen molar-refractivity contribution in [2.45, 2.75) is 63.7 Å². The number of hydrogen-bond donors (Lipinski definition) is 1. The number of hydrogen-bond acceptors (Lipinski definition) is 2. The van der Waals surface area contributed by atoms with E-state index in [-0.39, 0.29) is 0 Å². The Morgan fingerprint density at radius 2 is 1.58 bits per heavy atom. The van der Waals surface area contributed by atoms with Crippen LogP contribution in [0.5, 0.6) is 0 Å². The maximum absolute atomic E-state index is 12.7. The summed E-state index contributed by atoms with van der Waals surface area (Å²) >= 11 is 0. The van der Waals surface area contributed by atoms with Gasteiger partial charge >= 0.3 is 18.1 Å². The van der Waals surface area contributed by atoms with Gasteiger partial charge in [0.05, 0.1) is 0 Å². The lowest BCUT2D eigenvalue weighted by atomic mass is 9.90. The van der Waals surface area contributed by atoms with Crippen molar-refractivity contribution in [3.05, 3.63) is 0 Å². The highest BCUT2D eigenvalue weighted by atomic mass is 19.4. The molecule has 7 heteroatoms. The van der Waals surface area contributed by atoms with E-state index in [1.54, 1.807) is 0 Å². The van der Waals surface area contributed by atoms with Gasteiger partial charge in [-0.15, -0.1) is 0 Å². The second-order valence-electron chi connectivity index (χ2n) is 5.33. The number of carbonyl (C=O) groups excluding carboxylic acids is 1. The molecule has 19 heavy (non-hydrogen) atoms. The second-order valence-corrected chi connectivity index (χ2v) is 5.33. The minimum atomic E-state index is -5.05. The molecule has 4 nitrogen and oxygen atoms in total. The summed E-state index contributed by atoms with van der Waals surface area (Å²) in [6, 6.07) is -0.658. The average molecular weight is 281 g/mol. The van der Waals surface area contributed by atoms with Gasteiger partial charge in [-0.05, 0) is 26.7 Å². The van der Waals surface area contributed by atoms with Gasteiger partial charge in [-0.25, -0.2) is 4.79 Å². The third-order valence-electron chi connectivity index (χ3n) is 3.53. The lowest BCUT2D eigenvalue weighted by Crippen LogP contribution is -2.61. The van der Waals surface area contributed by atoms with Crippen molar-refractivity contribution in [2.75, 3.05) is 0 Å². The molecule has 1 saturated carbocycles. The molecule has 1 amide bonds. The standard InChI is InChI=1S/C12H18F3NO3/c1-11(2,10(18)19)16(9(17)12(13,14)15)8-6-4-3-5-7-8/h8H,3-7H2,1-2H3,(H,18,19). The fourth-order valence-electron chi connectivity index (χ4n) is 2.45. The summed E-state index contributed by atoms with van der Waals surface area (Å²) in [5, 5.41) is 9.10. The zero-order valence-corrected chi connectivity index (χ0v) is 11.0. The quantitative estimate of drug-likeness (QED) is 0.865. The summed E-state index contributed by atoms with van der Waals surface area (Å²) < 4.78 is 38.0. The van der Waals surface area contributed by atoms with E-state index in [0.717, 1.165) is 20.3 Å². The second kappa shape index (κ2) is 5.38. The van der Waals surface area contributed by atoms with Crippen LogP contribution in [0, 0.1) is 0 Å². The van der Waals surface area contributed by atoms with E-state index in [2.05, 4.69) is 0 Å².